The van der Waals surface area contributed by atoms with Gasteiger partial charge in [0.25, 0.3) is 0 Å². The predicted molar refractivity (Wildman–Crippen MR) is 78.2 cm³/mol. The van der Waals surface area contributed by atoms with Crippen molar-refractivity contribution in [3.05, 3.63) is 29.8 Å². The van der Waals surface area contributed by atoms with Gasteiger partial charge in [-0.05, 0) is 24.1 Å². The molecule has 0 radical (unpaired) electrons. The number of sulfone groups is 1. The zero-order valence-corrected chi connectivity index (χ0v) is 12.0. The van der Waals surface area contributed by atoms with Crippen LogP contribution in [-0.4, -0.2) is 43.9 Å². The Morgan fingerprint density at radius 2 is 1.90 bits per heavy atom. The summed E-state index contributed by atoms with van der Waals surface area (Å²) in [7, 11) is -3.00. The highest BCUT2D eigenvalue weighted by Crippen LogP contribution is 2.11. The highest BCUT2D eigenvalue weighted by atomic mass is 32.2. The Bertz CT molecular complexity index is 569. The van der Waals surface area contributed by atoms with Gasteiger partial charge in [-0.1, -0.05) is 12.1 Å². The first-order valence-corrected chi connectivity index (χ1v) is 8.38. The first kappa shape index (κ1) is 14.8. The summed E-state index contributed by atoms with van der Waals surface area (Å²) in [6.45, 7) is 1.17. The topological polar surface area (TPSA) is 92.5 Å². The lowest BCUT2D eigenvalue weighted by atomic mass is 10.2. The molecule has 110 valence electrons. The maximum Gasteiger partial charge on any atom is 0.321 e. The van der Waals surface area contributed by atoms with Crippen LogP contribution in [-0.2, 0) is 16.4 Å². The number of urea groups is 1. The van der Waals surface area contributed by atoms with Gasteiger partial charge < -0.3 is 16.0 Å². The molecule has 0 aromatic heterocycles. The second-order valence-corrected chi connectivity index (χ2v) is 7.13. The highest BCUT2D eigenvalue weighted by molar-refractivity contribution is 7.91. The molecule has 1 heterocycles. The first-order valence-electron chi connectivity index (χ1n) is 6.55. The van der Waals surface area contributed by atoms with Crippen molar-refractivity contribution in [1.82, 2.24) is 4.90 Å². The SMILES string of the molecule is NCc1ccc(NC(=O)N2CCCS(=O)(=O)CC2)cc1. The molecule has 3 N–H and O–H groups in total. The molecule has 2 rings (SSSR count). The van der Waals surface area contributed by atoms with Crippen molar-refractivity contribution in [2.24, 2.45) is 5.73 Å². The predicted octanol–water partition coefficient (Wildman–Crippen LogP) is 0.798. The quantitative estimate of drug-likeness (QED) is 0.844. The van der Waals surface area contributed by atoms with Crippen molar-refractivity contribution in [3.63, 3.8) is 0 Å². The molecule has 7 heteroatoms. The molecule has 20 heavy (non-hydrogen) atoms. The minimum Gasteiger partial charge on any atom is -0.326 e. The molecule has 1 fully saturated rings. The summed E-state index contributed by atoms with van der Waals surface area (Å²) in [6, 6.07) is 7.01. The summed E-state index contributed by atoms with van der Waals surface area (Å²) in [6.07, 6.45) is 0.488. The summed E-state index contributed by atoms with van der Waals surface area (Å²) in [4.78, 5) is 13.6. The molecule has 1 aromatic rings. The molecule has 1 aliphatic rings. The smallest absolute Gasteiger partial charge is 0.321 e. The molecule has 0 spiro atoms. The van der Waals surface area contributed by atoms with Crippen LogP contribution in [0.25, 0.3) is 0 Å². The van der Waals surface area contributed by atoms with Crippen molar-refractivity contribution in [3.8, 4) is 0 Å². The number of rotatable bonds is 2. The summed E-state index contributed by atoms with van der Waals surface area (Å²) in [5.74, 6) is 0.189. The van der Waals surface area contributed by atoms with Gasteiger partial charge >= 0.3 is 6.03 Å². The van der Waals surface area contributed by atoms with Crippen molar-refractivity contribution in [2.75, 3.05) is 29.9 Å². The zero-order chi connectivity index (χ0) is 14.6. The molecule has 1 saturated heterocycles. The fraction of sp³-hybridized carbons (Fsp3) is 0.462. The first-order chi connectivity index (χ1) is 9.50. The van der Waals surface area contributed by atoms with Gasteiger partial charge in [0, 0.05) is 25.3 Å². The van der Waals surface area contributed by atoms with Crippen LogP contribution >= 0.6 is 0 Å². The third kappa shape index (κ3) is 3.94. The number of nitrogens with two attached hydrogens (primary N) is 1. The molecule has 0 atom stereocenters. The molecule has 1 aliphatic heterocycles. The normalized spacial score (nSPS) is 18.4. The van der Waals surface area contributed by atoms with E-state index >= 15 is 0 Å². The van der Waals surface area contributed by atoms with E-state index in [-0.39, 0.29) is 24.1 Å². The van der Waals surface area contributed by atoms with E-state index in [2.05, 4.69) is 5.32 Å². The molecule has 1 aromatic carbocycles. The van der Waals surface area contributed by atoms with Crippen molar-refractivity contribution < 1.29 is 13.2 Å². The van der Waals surface area contributed by atoms with Gasteiger partial charge in [-0.2, -0.15) is 0 Å². The molecule has 2 amide bonds. The molecule has 6 nitrogen and oxygen atoms in total. The number of nitrogens with zero attached hydrogens (tertiary/aromatic N) is 1. The summed E-state index contributed by atoms with van der Waals surface area (Å²) < 4.78 is 23.0. The molecule has 0 saturated carbocycles. The van der Waals surface area contributed by atoms with E-state index in [0.29, 0.717) is 25.2 Å². The maximum absolute atomic E-state index is 12.1. The maximum atomic E-state index is 12.1. The van der Waals surface area contributed by atoms with E-state index in [9.17, 15) is 13.2 Å². The van der Waals surface area contributed by atoms with Crippen LogP contribution in [0, 0.1) is 0 Å². The minimum atomic E-state index is -3.00. The van der Waals surface area contributed by atoms with Crippen molar-refractivity contribution in [2.45, 2.75) is 13.0 Å². The van der Waals surface area contributed by atoms with Gasteiger partial charge in [-0.3, -0.25) is 0 Å². The zero-order valence-electron chi connectivity index (χ0n) is 11.2. The van der Waals surface area contributed by atoms with E-state index in [1.54, 1.807) is 17.0 Å². The Labute approximate surface area is 118 Å². The lowest BCUT2D eigenvalue weighted by Gasteiger charge is -2.20. The number of hydrogen-bond acceptors (Lipinski definition) is 4. The number of carbonyl (C=O) groups excluding carboxylic acids is 1. The minimum absolute atomic E-state index is 0.0343. The monoisotopic (exact) mass is 297 g/mol. The number of amides is 2. The highest BCUT2D eigenvalue weighted by Gasteiger charge is 2.22. The van der Waals surface area contributed by atoms with Crippen LogP contribution in [0.2, 0.25) is 0 Å². The van der Waals surface area contributed by atoms with Crippen LogP contribution < -0.4 is 11.1 Å². The Balaban J connectivity index is 1.97. The van der Waals surface area contributed by atoms with Gasteiger partial charge in [-0.25, -0.2) is 13.2 Å². The summed E-state index contributed by atoms with van der Waals surface area (Å²) in [5.41, 5.74) is 7.18. The van der Waals surface area contributed by atoms with Gasteiger partial charge in [0.2, 0.25) is 0 Å². The van der Waals surface area contributed by atoms with Gasteiger partial charge in [0.15, 0.2) is 9.84 Å². The summed E-state index contributed by atoms with van der Waals surface area (Å²) in [5, 5.41) is 2.77. The Morgan fingerprint density at radius 3 is 2.55 bits per heavy atom. The molecular weight excluding hydrogens is 278 g/mol. The third-order valence-electron chi connectivity index (χ3n) is 3.28. The van der Waals surface area contributed by atoms with E-state index in [4.69, 9.17) is 5.73 Å². The molecule has 0 unspecified atom stereocenters. The second kappa shape index (κ2) is 6.23. The number of carbonyl (C=O) groups is 1. The van der Waals surface area contributed by atoms with E-state index < -0.39 is 9.84 Å². The number of hydrogen-bond donors (Lipinski definition) is 2. The second-order valence-electron chi connectivity index (χ2n) is 4.82. The van der Waals surface area contributed by atoms with Crippen molar-refractivity contribution in [1.29, 1.82) is 0 Å². The number of benzene rings is 1. The molecule has 0 aliphatic carbocycles. The van der Waals surface area contributed by atoms with E-state index in [1.165, 1.54) is 0 Å². The van der Waals surface area contributed by atoms with Crippen molar-refractivity contribution >= 4 is 21.6 Å². The Hall–Kier alpha value is -1.60. The molecular formula is C13H19N3O3S. The van der Waals surface area contributed by atoms with Crippen LogP contribution in [0.1, 0.15) is 12.0 Å². The number of anilines is 1. The Morgan fingerprint density at radius 1 is 1.20 bits per heavy atom. The van der Waals surface area contributed by atoms with Gasteiger partial charge in [0.1, 0.15) is 0 Å². The Kier molecular flexibility index (Phi) is 4.61. The average molecular weight is 297 g/mol. The molecule has 0 bridgehead atoms. The van der Waals surface area contributed by atoms with Gasteiger partial charge in [-0.15, -0.1) is 0 Å². The van der Waals surface area contributed by atoms with E-state index in [1.807, 2.05) is 12.1 Å². The average Bonchev–Trinajstić information content (AvgIpc) is 2.60. The summed E-state index contributed by atoms with van der Waals surface area (Å²) >= 11 is 0. The van der Waals surface area contributed by atoms with Crippen LogP contribution in [0.5, 0.6) is 0 Å². The number of nitrogens with one attached hydrogen (secondary N) is 1. The lowest BCUT2D eigenvalue weighted by Crippen LogP contribution is -2.37. The van der Waals surface area contributed by atoms with Crippen LogP contribution in [0.4, 0.5) is 10.5 Å². The van der Waals surface area contributed by atoms with E-state index in [0.717, 1.165) is 5.56 Å². The van der Waals surface area contributed by atoms with Gasteiger partial charge in [0.05, 0.1) is 11.5 Å². The fourth-order valence-electron chi connectivity index (χ4n) is 2.07. The van der Waals surface area contributed by atoms with Crippen LogP contribution in [0.15, 0.2) is 24.3 Å². The van der Waals surface area contributed by atoms with Crippen LogP contribution in [0.3, 0.4) is 0 Å². The largest absolute Gasteiger partial charge is 0.326 e. The lowest BCUT2D eigenvalue weighted by molar-refractivity contribution is 0.216. The standard InChI is InChI=1S/C13H19N3O3S/c14-10-11-2-4-12(5-3-11)15-13(17)16-6-1-8-20(18,19)9-7-16/h2-5H,1,6-10,14H2,(H,15,17). The third-order valence-corrected chi connectivity index (χ3v) is 5.00. The fourth-order valence-corrected chi connectivity index (χ4v) is 3.34.